The predicted molar refractivity (Wildman–Crippen MR) is 97.3 cm³/mol. The molecule has 6 nitrogen and oxygen atoms in total. The summed E-state index contributed by atoms with van der Waals surface area (Å²) in [6.07, 6.45) is 2.69. The minimum atomic E-state index is -1.29. The van der Waals surface area contributed by atoms with E-state index in [-0.39, 0.29) is 17.3 Å². The van der Waals surface area contributed by atoms with E-state index >= 15 is 0 Å². The zero-order chi connectivity index (χ0) is 18.2. The van der Waals surface area contributed by atoms with Crippen molar-refractivity contribution in [2.24, 2.45) is 5.41 Å². The monoisotopic (exact) mass is 375 g/mol. The molecular formula is C18H33NO5S. The van der Waals surface area contributed by atoms with Crippen molar-refractivity contribution in [3.05, 3.63) is 0 Å². The van der Waals surface area contributed by atoms with Gasteiger partial charge in [0.15, 0.2) is 0 Å². The molecule has 3 fully saturated rings. The number of aliphatic hydroxyl groups is 4. The molecule has 1 saturated heterocycles. The molecule has 25 heavy (non-hydrogen) atoms. The fourth-order valence-electron chi connectivity index (χ4n) is 4.56. The largest absolute Gasteiger partial charge is 0.394 e. The molecule has 0 aromatic carbocycles. The van der Waals surface area contributed by atoms with Crippen molar-refractivity contribution >= 4 is 11.8 Å². The van der Waals surface area contributed by atoms with Crippen molar-refractivity contribution in [1.29, 1.82) is 0 Å². The van der Waals surface area contributed by atoms with Crippen molar-refractivity contribution in [2.45, 2.75) is 99.6 Å². The second-order valence-corrected chi connectivity index (χ2v) is 9.90. The second-order valence-electron chi connectivity index (χ2n) is 8.60. The van der Waals surface area contributed by atoms with E-state index in [9.17, 15) is 20.4 Å². The standard InChI is InChI=1S/C18H33NO5S/c1-18(2)8-11(19-10-5-3-4-6-10)7-13(18)25-17-16(23)15(22)14(21)12(9-20)24-17/h10-17,19-23H,3-9H2,1-2H3/t11?,12-,13?,14+,15+,16-,17+/m1/s1. The van der Waals surface area contributed by atoms with Crippen LogP contribution in [0.5, 0.6) is 0 Å². The average Bonchev–Trinajstić information content (AvgIpc) is 3.16. The van der Waals surface area contributed by atoms with Gasteiger partial charge >= 0.3 is 0 Å². The van der Waals surface area contributed by atoms with Crippen LogP contribution >= 0.6 is 11.8 Å². The zero-order valence-electron chi connectivity index (χ0n) is 15.2. The van der Waals surface area contributed by atoms with Crippen LogP contribution in [0.4, 0.5) is 0 Å². The summed E-state index contributed by atoms with van der Waals surface area (Å²) in [5.41, 5.74) is -0.537. The Kier molecular flexibility index (Phi) is 6.36. The van der Waals surface area contributed by atoms with Gasteiger partial charge in [0.25, 0.3) is 0 Å². The van der Waals surface area contributed by atoms with Gasteiger partial charge < -0.3 is 30.5 Å². The van der Waals surface area contributed by atoms with Crippen LogP contribution < -0.4 is 5.32 Å². The second kappa shape index (κ2) is 8.00. The third-order valence-electron chi connectivity index (χ3n) is 6.12. The summed E-state index contributed by atoms with van der Waals surface area (Å²) >= 11 is 1.54. The van der Waals surface area contributed by atoms with Crippen LogP contribution in [0.25, 0.3) is 0 Å². The molecule has 0 radical (unpaired) electrons. The number of nitrogens with one attached hydrogen (secondary N) is 1. The zero-order valence-corrected chi connectivity index (χ0v) is 16.0. The topological polar surface area (TPSA) is 102 Å². The number of thioether (sulfide) groups is 1. The third-order valence-corrected chi connectivity index (χ3v) is 7.93. The molecule has 0 amide bonds. The SMILES string of the molecule is CC1(C)CC(NC2CCCC2)CC1S[C@@H]1O[C@H](CO)[C@H](O)[C@H](O)[C@H]1O. The number of ether oxygens (including phenoxy) is 1. The number of rotatable bonds is 5. The van der Waals surface area contributed by atoms with E-state index in [0.29, 0.717) is 12.1 Å². The van der Waals surface area contributed by atoms with Gasteiger partial charge in [-0.3, -0.25) is 0 Å². The molecule has 2 unspecified atom stereocenters. The molecule has 7 atom stereocenters. The summed E-state index contributed by atoms with van der Waals surface area (Å²) in [4.78, 5) is 0. The van der Waals surface area contributed by atoms with Gasteiger partial charge in [-0.15, -0.1) is 11.8 Å². The molecule has 3 aliphatic rings. The third kappa shape index (κ3) is 4.34. The highest BCUT2D eigenvalue weighted by Gasteiger charge is 2.48. The lowest BCUT2D eigenvalue weighted by atomic mass is 9.91. The van der Waals surface area contributed by atoms with Crippen molar-refractivity contribution in [3.63, 3.8) is 0 Å². The molecule has 0 aromatic heterocycles. The van der Waals surface area contributed by atoms with Crippen molar-refractivity contribution < 1.29 is 25.2 Å². The highest BCUT2D eigenvalue weighted by molar-refractivity contribution is 8.00. The molecule has 5 N–H and O–H groups in total. The Hall–Kier alpha value is 0.110. The Morgan fingerprint density at radius 1 is 1.04 bits per heavy atom. The Morgan fingerprint density at radius 3 is 2.36 bits per heavy atom. The highest BCUT2D eigenvalue weighted by Crippen LogP contribution is 2.48. The van der Waals surface area contributed by atoms with Gasteiger partial charge in [0.05, 0.1) is 6.61 Å². The molecule has 0 aromatic rings. The maximum atomic E-state index is 10.3. The average molecular weight is 376 g/mol. The van der Waals surface area contributed by atoms with Gasteiger partial charge in [-0.05, 0) is 31.1 Å². The minimum Gasteiger partial charge on any atom is -0.394 e. The van der Waals surface area contributed by atoms with Gasteiger partial charge in [-0.2, -0.15) is 0 Å². The lowest BCUT2D eigenvalue weighted by molar-refractivity contribution is -0.205. The summed E-state index contributed by atoms with van der Waals surface area (Å²) in [6, 6.07) is 1.11. The van der Waals surface area contributed by atoms with Crippen LogP contribution in [0.3, 0.4) is 0 Å². The first-order valence-electron chi connectivity index (χ1n) is 9.54. The van der Waals surface area contributed by atoms with E-state index in [1.807, 2.05) is 0 Å². The fraction of sp³-hybridized carbons (Fsp3) is 1.00. The Labute approximate surface area is 154 Å². The molecule has 1 heterocycles. The normalized spacial score (nSPS) is 45.1. The van der Waals surface area contributed by atoms with E-state index < -0.39 is 29.9 Å². The fourth-order valence-corrected chi connectivity index (χ4v) is 6.22. The number of aliphatic hydroxyl groups excluding tert-OH is 4. The summed E-state index contributed by atoms with van der Waals surface area (Å²) in [6.45, 7) is 4.11. The molecule has 2 saturated carbocycles. The molecule has 7 heteroatoms. The minimum absolute atomic E-state index is 0.0970. The summed E-state index contributed by atoms with van der Waals surface area (Å²) in [7, 11) is 0. The maximum Gasteiger partial charge on any atom is 0.132 e. The summed E-state index contributed by atoms with van der Waals surface area (Å²) < 4.78 is 5.69. The van der Waals surface area contributed by atoms with E-state index in [0.717, 1.165) is 12.8 Å². The summed E-state index contributed by atoms with van der Waals surface area (Å²) in [5.74, 6) is 0. The van der Waals surface area contributed by atoms with E-state index in [1.54, 1.807) is 0 Å². The molecule has 0 spiro atoms. The first kappa shape index (κ1) is 19.9. The quantitative estimate of drug-likeness (QED) is 0.480. The van der Waals surface area contributed by atoms with Crippen LogP contribution in [0, 0.1) is 5.41 Å². The molecule has 0 bridgehead atoms. The van der Waals surface area contributed by atoms with Gasteiger partial charge in [0.2, 0.25) is 0 Å². The van der Waals surface area contributed by atoms with Crippen molar-refractivity contribution in [2.75, 3.05) is 6.61 Å². The first-order valence-corrected chi connectivity index (χ1v) is 10.5. The van der Waals surface area contributed by atoms with Crippen LogP contribution in [-0.4, -0.2) is 74.2 Å². The number of hydrogen-bond donors (Lipinski definition) is 5. The maximum absolute atomic E-state index is 10.3. The smallest absolute Gasteiger partial charge is 0.132 e. The van der Waals surface area contributed by atoms with Crippen molar-refractivity contribution in [1.82, 2.24) is 5.32 Å². The van der Waals surface area contributed by atoms with Gasteiger partial charge in [-0.1, -0.05) is 26.7 Å². The van der Waals surface area contributed by atoms with Gasteiger partial charge in [-0.25, -0.2) is 0 Å². The molecule has 1 aliphatic heterocycles. The van der Waals surface area contributed by atoms with E-state index in [2.05, 4.69) is 19.2 Å². The number of hydrogen-bond acceptors (Lipinski definition) is 7. The van der Waals surface area contributed by atoms with E-state index in [1.165, 1.54) is 37.4 Å². The van der Waals surface area contributed by atoms with Crippen LogP contribution in [0.1, 0.15) is 52.4 Å². The van der Waals surface area contributed by atoms with Gasteiger partial charge in [0.1, 0.15) is 29.9 Å². The molecule has 3 rings (SSSR count). The van der Waals surface area contributed by atoms with Gasteiger partial charge in [0, 0.05) is 17.3 Å². The predicted octanol–water partition coefficient (Wildman–Crippen LogP) is 0.609. The lowest BCUT2D eigenvalue weighted by Gasteiger charge is -2.41. The Morgan fingerprint density at radius 2 is 1.72 bits per heavy atom. The highest BCUT2D eigenvalue weighted by atomic mass is 32.2. The molecule has 146 valence electrons. The first-order chi connectivity index (χ1) is 11.8. The van der Waals surface area contributed by atoms with E-state index in [4.69, 9.17) is 4.74 Å². The molecular weight excluding hydrogens is 342 g/mol. The summed E-state index contributed by atoms with van der Waals surface area (Å²) in [5, 5.41) is 43.7. The Bertz CT molecular complexity index is 443. The van der Waals surface area contributed by atoms with Crippen LogP contribution in [-0.2, 0) is 4.74 Å². The van der Waals surface area contributed by atoms with Crippen molar-refractivity contribution in [3.8, 4) is 0 Å². The lowest BCUT2D eigenvalue weighted by Crippen LogP contribution is -2.58. The Balaban J connectivity index is 1.60. The van der Waals surface area contributed by atoms with Crippen LogP contribution in [0.2, 0.25) is 0 Å². The van der Waals surface area contributed by atoms with Crippen LogP contribution in [0.15, 0.2) is 0 Å². The molecule has 2 aliphatic carbocycles.